The van der Waals surface area contributed by atoms with Crippen molar-refractivity contribution in [3.63, 3.8) is 0 Å². The van der Waals surface area contributed by atoms with E-state index in [9.17, 15) is 8.42 Å². The van der Waals surface area contributed by atoms with Crippen LogP contribution in [0, 0.1) is 0 Å². The van der Waals surface area contributed by atoms with Crippen molar-refractivity contribution in [2.24, 2.45) is 5.73 Å². The standard InChI is InChI=1S/C14H22N2O3S/c1-19-13-5-4-12(10-13)16-20(17,18)14-6-2-11(3-7-14)8-9-15/h2-3,6-7,12-13,16H,4-5,8-10,15H2,1H3. The predicted octanol–water partition coefficient (Wildman–Crippen LogP) is 1.03. The molecular weight excluding hydrogens is 276 g/mol. The number of methoxy groups -OCH3 is 1. The zero-order valence-corrected chi connectivity index (χ0v) is 12.5. The lowest BCUT2D eigenvalue weighted by Gasteiger charge is -2.13. The van der Waals surface area contributed by atoms with Gasteiger partial charge in [0.05, 0.1) is 11.0 Å². The molecule has 2 atom stereocenters. The molecule has 1 saturated carbocycles. The average Bonchev–Trinajstić information content (AvgIpc) is 2.87. The molecule has 1 aliphatic carbocycles. The second-order valence-electron chi connectivity index (χ2n) is 5.17. The third-order valence-electron chi connectivity index (χ3n) is 3.71. The highest BCUT2D eigenvalue weighted by atomic mass is 32.2. The van der Waals surface area contributed by atoms with Crippen LogP contribution in [0.25, 0.3) is 0 Å². The molecule has 2 unspecified atom stereocenters. The van der Waals surface area contributed by atoms with E-state index < -0.39 is 10.0 Å². The molecule has 2 rings (SSSR count). The topological polar surface area (TPSA) is 81.4 Å². The van der Waals surface area contributed by atoms with Crippen molar-refractivity contribution in [1.29, 1.82) is 0 Å². The Bertz CT molecular complexity index is 528. The molecule has 0 radical (unpaired) electrons. The molecule has 0 spiro atoms. The van der Waals surface area contributed by atoms with Crippen LogP contribution in [-0.2, 0) is 21.2 Å². The highest BCUT2D eigenvalue weighted by Gasteiger charge is 2.28. The van der Waals surface area contributed by atoms with Crippen LogP contribution in [0.1, 0.15) is 24.8 Å². The second-order valence-corrected chi connectivity index (χ2v) is 6.89. The summed E-state index contributed by atoms with van der Waals surface area (Å²) in [5, 5.41) is 0. The molecule has 6 heteroatoms. The Kier molecular flexibility index (Phi) is 5.15. The van der Waals surface area contributed by atoms with Gasteiger partial charge in [0.25, 0.3) is 0 Å². The normalized spacial score (nSPS) is 23.1. The quantitative estimate of drug-likeness (QED) is 0.822. The first-order valence-electron chi connectivity index (χ1n) is 6.89. The molecule has 5 nitrogen and oxygen atoms in total. The van der Waals surface area contributed by atoms with Crippen LogP contribution < -0.4 is 10.5 Å². The van der Waals surface area contributed by atoms with Crippen molar-refractivity contribution in [3.05, 3.63) is 29.8 Å². The fourth-order valence-electron chi connectivity index (χ4n) is 2.55. The van der Waals surface area contributed by atoms with Gasteiger partial charge in [0.15, 0.2) is 0 Å². The van der Waals surface area contributed by atoms with Crippen LogP contribution in [0.2, 0.25) is 0 Å². The molecule has 1 aromatic rings. The minimum atomic E-state index is -3.44. The number of sulfonamides is 1. The molecule has 0 aromatic heterocycles. The minimum absolute atomic E-state index is 0.0336. The van der Waals surface area contributed by atoms with Crippen LogP contribution in [0.4, 0.5) is 0 Å². The highest BCUT2D eigenvalue weighted by Crippen LogP contribution is 2.23. The fraction of sp³-hybridized carbons (Fsp3) is 0.571. The lowest BCUT2D eigenvalue weighted by molar-refractivity contribution is 0.107. The van der Waals surface area contributed by atoms with E-state index in [1.807, 2.05) is 12.1 Å². The molecule has 1 fully saturated rings. The molecule has 1 aromatic carbocycles. The van der Waals surface area contributed by atoms with Crippen molar-refractivity contribution in [2.75, 3.05) is 13.7 Å². The summed E-state index contributed by atoms with van der Waals surface area (Å²) >= 11 is 0. The lowest BCUT2D eigenvalue weighted by atomic mass is 10.2. The first kappa shape index (κ1) is 15.4. The van der Waals surface area contributed by atoms with Gasteiger partial charge < -0.3 is 10.5 Å². The molecule has 0 amide bonds. The van der Waals surface area contributed by atoms with E-state index in [0.717, 1.165) is 31.2 Å². The van der Waals surface area contributed by atoms with Crippen LogP contribution in [-0.4, -0.2) is 34.2 Å². The molecular formula is C14H22N2O3S. The summed E-state index contributed by atoms with van der Waals surface area (Å²) in [6.45, 7) is 0.560. The molecule has 0 heterocycles. The molecule has 20 heavy (non-hydrogen) atoms. The summed E-state index contributed by atoms with van der Waals surface area (Å²) in [6, 6.07) is 6.86. The molecule has 0 bridgehead atoms. The van der Waals surface area contributed by atoms with Crippen molar-refractivity contribution < 1.29 is 13.2 Å². The summed E-state index contributed by atoms with van der Waals surface area (Å²) in [7, 11) is -1.78. The zero-order valence-electron chi connectivity index (χ0n) is 11.7. The fourth-order valence-corrected chi connectivity index (χ4v) is 3.83. The lowest BCUT2D eigenvalue weighted by Crippen LogP contribution is -2.33. The Morgan fingerprint density at radius 2 is 2.00 bits per heavy atom. The first-order chi connectivity index (χ1) is 9.55. The smallest absolute Gasteiger partial charge is 0.240 e. The van der Waals surface area contributed by atoms with Crippen molar-refractivity contribution in [1.82, 2.24) is 4.72 Å². The van der Waals surface area contributed by atoms with Crippen molar-refractivity contribution in [2.45, 2.75) is 42.7 Å². The van der Waals surface area contributed by atoms with Gasteiger partial charge in [0.1, 0.15) is 0 Å². The Morgan fingerprint density at radius 3 is 2.55 bits per heavy atom. The van der Waals surface area contributed by atoms with Gasteiger partial charge in [-0.25, -0.2) is 13.1 Å². The maximum absolute atomic E-state index is 12.3. The summed E-state index contributed by atoms with van der Waals surface area (Å²) in [4.78, 5) is 0.305. The summed E-state index contributed by atoms with van der Waals surface area (Å²) in [5.41, 5.74) is 6.52. The van der Waals surface area contributed by atoms with Gasteiger partial charge in [-0.1, -0.05) is 12.1 Å². The number of benzene rings is 1. The molecule has 0 aliphatic heterocycles. The Labute approximate surface area is 120 Å². The maximum atomic E-state index is 12.3. The number of ether oxygens (including phenoxy) is 1. The van der Waals surface area contributed by atoms with Crippen molar-refractivity contribution >= 4 is 10.0 Å². The van der Waals surface area contributed by atoms with Gasteiger partial charge >= 0.3 is 0 Å². The SMILES string of the molecule is COC1CCC(NS(=O)(=O)c2ccc(CCN)cc2)C1. The first-order valence-corrected chi connectivity index (χ1v) is 8.37. The second kappa shape index (κ2) is 6.67. The van der Waals surface area contributed by atoms with Crippen LogP contribution >= 0.6 is 0 Å². The van der Waals surface area contributed by atoms with E-state index in [4.69, 9.17) is 10.5 Å². The summed E-state index contributed by atoms with van der Waals surface area (Å²) < 4.78 is 32.6. The maximum Gasteiger partial charge on any atom is 0.240 e. The third-order valence-corrected chi connectivity index (χ3v) is 5.24. The third kappa shape index (κ3) is 3.79. The number of rotatable bonds is 6. The van der Waals surface area contributed by atoms with Crippen LogP contribution in [0.15, 0.2) is 29.2 Å². The molecule has 112 valence electrons. The van der Waals surface area contributed by atoms with Crippen molar-refractivity contribution in [3.8, 4) is 0 Å². The van der Waals surface area contributed by atoms with E-state index in [2.05, 4.69) is 4.72 Å². The number of nitrogens with one attached hydrogen (secondary N) is 1. The van der Waals surface area contributed by atoms with Gasteiger partial charge in [-0.2, -0.15) is 0 Å². The summed E-state index contributed by atoms with van der Waals surface area (Å²) in [6.07, 6.45) is 3.38. The number of hydrogen-bond donors (Lipinski definition) is 2. The highest BCUT2D eigenvalue weighted by molar-refractivity contribution is 7.89. The van der Waals surface area contributed by atoms with Gasteiger partial charge in [-0.05, 0) is 49.9 Å². The molecule has 3 N–H and O–H groups in total. The van der Waals surface area contributed by atoms with Gasteiger partial charge in [-0.15, -0.1) is 0 Å². The van der Waals surface area contributed by atoms with E-state index in [1.165, 1.54) is 0 Å². The molecule has 0 saturated heterocycles. The molecule has 1 aliphatic rings. The monoisotopic (exact) mass is 298 g/mol. The van der Waals surface area contributed by atoms with E-state index in [-0.39, 0.29) is 12.1 Å². The average molecular weight is 298 g/mol. The predicted molar refractivity (Wildman–Crippen MR) is 78.0 cm³/mol. The van der Waals surface area contributed by atoms with Gasteiger partial charge in [0.2, 0.25) is 10.0 Å². The van der Waals surface area contributed by atoms with E-state index in [1.54, 1.807) is 19.2 Å². The van der Waals surface area contributed by atoms with Crippen LogP contribution in [0.3, 0.4) is 0 Å². The van der Waals surface area contributed by atoms with Crippen LogP contribution in [0.5, 0.6) is 0 Å². The van der Waals surface area contributed by atoms with Gasteiger partial charge in [-0.3, -0.25) is 0 Å². The van der Waals surface area contributed by atoms with Gasteiger partial charge in [0, 0.05) is 13.2 Å². The largest absolute Gasteiger partial charge is 0.381 e. The van der Waals surface area contributed by atoms with E-state index in [0.29, 0.717) is 11.4 Å². The summed E-state index contributed by atoms with van der Waals surface area (Å²) in [5.74, 6) is 0. The Balaban J connectivity index is 2.03. The number of nitrogens with two attached hydrogens (primary N) is 1. The minimum Gasteiger partial charge on any atom is -0.381 e. The van der Waals surface area contributed by atoms with E-state index >= 15 is 0 Å². The number of hydrogen-bond acceptors (Lipinski definition) is 4. The zero-order chi connectivity index (χ0) is 14.6. The Hall–Kier alpha value is -0.950. The Morgan fingerprint density at radius 1 is 1.30 bits per heavy atom.